The Bertz CT molecular complexity index is 952. The molecule has 0 spiro atoms. The van der Waals surface area contributed by atoms with Crippen molar-refractivity contribution in [2.24, 2.45) is 0 Å². The molecule has 0 unspecified atom stereocenters. The summed E-state index contributed by atoms with van der Waals surface area (Å²) in [5.74, 6) is 0.260. The van der Waals surface area contributed by atoms with E-state index in [9.17, 15) is 9.90 Å². The van der Waals surface area contributed by atoms with E-state index >= 15 is 0 Å². The van der Waals surface area contributed by atoms with Crippen molar-refractivity contribution in [2.75, 3.05) is 13.1 Å². The number of amides is 1. The lowest BCUT2D eigenvalue weighted by molar-refractivity contribution is 0.0712. The Morgan fingerprint density at radius 3 is 2.78 bits per heavy atom. The SMILES string of the molecule is Cc1nc(C2CCN(C(=O)c3cncc(O)c3)CC2)sc1-c1ccncn1. The standard InChI is InChI=1S/C19H19N5O2S/c1-12-17(16-2-5-20-11-22-16)27-18(23-12)13-3-6-24(7-4-13)19(26)14-8-15(25)10-21-9-14/h2,5,8-11,13,25H,3-4,6-7H2,1H3. The number of nitrogens with zero attached hydrogens (tertiary/aromatic N) is 5. The summed E-state index contributed by atoms with van der Waals surface area (Å²) in [5, 5.41) is 10.6. The number of pyridine rings is 1. The molecule has 0 atom stereocenters. The van der Waals surface area contributed by atoms with E-state index < -0.39 is 0 Å². The van der Waals surface area contributed by atoms with Gasteiger partial charge in [0.05, 0.1) is 33.0 Å². The lowest BCUT2D eigenvalue weighted by Crippen LogP contribution is -2.37. The molecule has 138 valence electrons. The van der Waals surface area contributed by atoms with Crippen molar-refractivity contribution >= 4 is 17.2 Å². The Morgan fingerprint density at radius 1 is 1.26 bits per heavy atom. The molecule has 4 heterocycles. The Morgan fingerprint density at radius 2 is 2.07 bits per heavy atom. The van der Waals surface area contributed by atoms with Crippen LogP contribution in [0.25, 0.3) is 10.6 Å². The second kappa shape index (κ2) is 7.40. The molecule has 4 rings (SSSR count). The fourth-order valence-corrected chi connectivity index (χ4v) is 4.52. The van der Waals surface area contributed by atoms with Crippen LogP contribution in [0.15, 0.2) is 37.1 Å². The lowest BCUT2D eigenvalue weighted by atomic mass is 9.97. The van der Waals surface area contributed by atoms with Gasteiger partial charge in [-0.05, 0) is 31.9 Å². The maximum atomic E-state index is 12.6. The first-order valence-electron chi connectivity index (χ1n) is 8.79. The van der Waals surface area contributed by atoms with Crippen molar-refractivity contribution < 1.29 is 9.90 Å². The minimum absolute atomic E-state index is 0.00578. The molecule has 3 aromatic rings. The van der Waals surface area contributed by atoms with E-state index in [0.29, 0.717) is 24.6 Å². The van der Waals surface area contributed by atoms with Gasteiger partial charge in [0.15, 0.2) is 0 Å². The number of thiazole rings is 1. The third-order valence-corrected chi connectivity index (χ3v) is 6.07. The summed E-state index contributed by atoms with van der Waals surface area (Å²) >= 11 is 1.68. The topological polar surface area (TPSA) is 92.1 Å². The minimum atomic E-state index is -0.0890. The van der Waals surface area contributed by atoms with Gasteiger partial charge < -0.3 is 10.0 Å². The maximum Gasteiger partial charge on any atom is 0.255 e. The van der Waals surface area contributed by atoms with Crippen LogP contribution in [0.3, 0.4) is 0 Å². The zero-order valence-electron chi connectivity index (χ0n) is 14.9. The molecule has 1 aliphatic heterocycles. The fourth-order valence-electron chi connectivity index (χ4n) is 3.31. The van der Waals surface area contributed by atoms with Crippen LogP contribution in [0.5, 0.6) is 5.75 Å². The first-order valence-corrected chi connectivity index (χ1v) is 9.60. The van der Waals surface area contributed by atoms with Crippen molar-refractivity contribution in [1.29, 1.82) is 0 Å². The summed E-state index contributed by atoms with van der Waals surface area (Å²) in [5.41, 5.74) is 2.30. The largest absolute Gasteiger partial charge is 0.506 e. The Kier molecular flexibility index (Phi) is 4.81. The highest BCUT2D eigenvalue weighted by Crippen LogP contribution is 2.36. The number of hydrogen-bond donors (Lipinski definition) is 1. The highest BCUT2D eigenvalue weighted by molar-refractivity contribution is 7.15. The summed E-state index contributed by atoms with van der Waals surface area (Å²) in [4.78, 5) is 32.4. The van der Waals surface area contributed by atoms with E-state index in [-0.39, 0.29) is 11.7 Å². The van der Waals surface area contributed by atoms with Crippen LogP contribution in [0.2, 0.25) is 0 Å². The Balaban J connectivity index is 1.45. The van der Waals surface area contributed by atoms with Crippen LogP contribution in [-0.4, -0.2) is 48.9 Å². The van der Waals surface area contributed by atoms with Crippen LogP contribution in [0.1, 0.15) is 39.8 Å². The highest BCUT2D eigenvalue weighted by atomic mass is 32.1. The average molecular weight is 381 g/mol. The van der Waals surface area contributed by atoms with Crippen LogP contribution in [0.4, 0.5) is 0 Å². The van der Waals surface area contributed by atoms with E-state index in [0.717, 1.165) is 34.1 Å². The van der Waals surface area contributed by atoms with Crippen molar-refractivity contribution in [3.8, 4) is 16.3 Å². The molecular formula is C19H19N5O2S. The number of carbonyl (C=O) groups is 1. The minimum Gasteiger partial charge on any atom is -0.506 e. The number of aromatic nitrogens is 4. The van der Waals surface area contributed by atoms with Gasteiger partial charge in [0, 0.05) is 31.4 Å². The predicted molar refractivity (Wildman–Crippen MR) is 102 cm³/mol. The van der Waals surface area contributed by atoms with Gasteiger partial charge in [-0.25, -0.2) is 15.0 Å². The molecule has 3 aromatic heterocycles. The van der Waals surface area contributed by atoms with Crippen LogP contribution >= 0.6 is 11.3 Å². The lowest BCUT2D eigenvalue weighted by Gasteiger charge is -2.31. The van der Waals surface area contributed by atoms with Crippen LogP contribution in [-0.2, 0) is 0 Å². The van der Waals surface area contributed by atoms with Crippen molar-refractivity contribution in [2.45, 2.75) is 25.7 Å². The summed E-state index contributed by atoms with van der Waals surface area (Å²) in [6.07, 6.45) is 7.84. The molecule has 7 nitrogen and oxygen atoms in total. The molecule has 1 amide bonds. The second-order valence-corrected chi connectivity index (χ2v) is 7.59. The smallest absolute Gasteiger partial charge is 0.255 e. The Labute approximate surface area is 160 Å². The fraction of sp³-hybridized carbons (Fsp3) is 0.316. The number of aromatic hydroxyl groups is 1. The van der Waals surface area contributed by atoms with Gasteiger partial charge in [-0.1, -0.05) is 0 Å². The molecule has 8 heteroatoms. The normalized spacial score (nSPS) is 15.1. The number of hydrogen-bond acceptors (Lipinski definition) is 7. The summed E-state index contributed by atoms with van der Waals surface area (Å²) in [7, 11) is 0. The quantitative estimate of drug-likeness (QED) is 0.750. The molecule has 1 fully saturated rings. The van der Waals surface area contributed by atoms with Crippen LogP contribution in [0, 0.1) is 6.92 Å². The third kappa shape index (κ3) is 3.66. The molecule has 0 aliphatic carbocycles. The van der Waals surface area contributed by atoms with Gasteiger partial charge in [0.2, 0.25) is 0 Å². The van der Waals surface area contributed by atoms with Crippen molar-refractivity contribution in [3.05, 3.63) is 53.3 Å². The predicted octanol–water partition coefficient (Wildman–Crippen LogP) is 3.03. The molecule has 0 bridgehead atoms. The van der Waals surface area contributed by atoms with E-state index in [1.54, 1.807) is 23.9 Å². The number of rotatable bonds is 3. The first kappa shape index (κ1) is 17.5. The summed E-state index contributed by atoms with van der Waals surface area (Å²) in [6, 6.07) is 3.36. The summed E-state index contributed by atoms with van der Waals surface area (Å²) in [6.45, 7) is 3.34. The van der Waals surface area contributed by atoms with Gasteiger partial charge in [-0.2, -0.15) is 0 Å². The molecule has 27 heavy (non-hydrogen) atoms. The van der Waals surface area contributed by atoms with Crippen molar-refractivity contribution in [1.82, 2.24) is 24.8 Å². The van der Waals surface area contributed by atoms with Gasteiger partial charge in [-0.3, -0.25) is 9.78 Å². The van der Waals surface area contributed by atoms with Crippen molar-refractivity contribution in [3.63, 3.8) is 0 Å². The van der Waals surface area contributed by atoms with E-state index in [1.807, 2.05) is 17.9 Å². The van der Waals surface area contributed by atoms with E-state index in [4.69, 9.17) is 4.98 Å². The molecule has 0 radical (unpaired) electrons. The van der Waals surface area contributed by atoms with E-state index in [1.165, 1.54) is 18.5 Å². The second-order valence-electron chi connectivity index (χ2n) is 6.56. The monoisotopic (exact) mass is 381 g/mol. The van der Waals surface area contributed by atoms with Gasteiger partial charge in [0.25, 0.3) is 5.91 Å². The van der Waals surface area contributed by atoms with Gasteiger partial charge >= 0.3 is 0 Å². The number of likely N-dealkylation sites (tertiary alicyclic amines) is 1. The number of carbonyl (C=O) groups excluding carboxylic acids is 1. The maximum absolute atomic E-state index is 12.6. The summed E-state index contributed by atoms with van der Waals surface area (Å²) < 4.78 is 0. The molecule has 1 aliphatic rings. The zero-order valence-corrected chi connectivity index (χ0v) is 15.7. The van der Waals surface area contributed by atoms with Crippen LogP contribution < -0.4 is 0 Å². The van der Waals surface area contributed by atoms with E-state index in [2.05, 4.69) is 15.0 Å². The molecule has 1 N–H and O–H groups in total. The van der Waals surface area contributed by atoms with Gasteiger partial charge in [-0.15, -0.1) is 11.3 Å². The Hall–Kier alpha value is -2.87. The number of piperidine rings is 1. The highest BCUT2D eigenvalue weighted by Gasteiger charge is 2.27. The number of aryl methyl sites for hydroxylation is 1. The zero-order chi connectivity index (χ0) is 18.8. The molecule has 1 saturated heterocycles. The van der Waals surface area contributed by atoms with Gasteiger partial charge in [0.1, 0.15) is 12.1 Å². The average Bonchev–Trinajstić information content (AvgIpc) is 3.10. The molecule has 0 aromatic carbocycles. The molecular weight excluding hydrogens is 362 g/mol. The molecule has 0 saturated carbocycles. The first-order chi connectivity index (χ1) is 13.1. The third-order valence-electron chi connectivity index (χ3n) is 4.73.